The molecule has 4 aromatic rings. The Balaban J connectivity index is 1.52. The Hall–Kier alpha value is -3.16. The highest BCUT2D eigenvalue weighted by atomic mass is 35.5. The lowest BCUT2D eigenvalue weighted by molar-refractivity contribution is -0.121. The van der Waals surface area contributed by atoms with Crippen molar-refractivity contribution in [2.75, 3.05) is 7.11 Å². The molecule has 1 amide bonds. The third-order valence-electron chi connectivity index (χ3n) is 4.63. The molecule has 0 spiro atoms. The number of ether oxygens (including phenoxy) is 1. The Bertz CT molecular complexity index is 1260. The Morgan fingerprint density at radius 1 is 1.20 bits per heavy atom. The average molecular weight is 440 g/mol. The highest BCUT2D eigenvalue weighted by Crippen LogP contribution is 2.31. The summed E-state index contributed by atoms with van der Waals surface area (Å²) in [6, 6.07) is 16.8. The van der Waals surface area contributed by atoms with Gasteiger partial charge in [-0.25, -0.2) is 4.98 Å². The van der Waals surface area contributed by atoms with Crippen LogP contribution < -0.4 is 15.6 Å². The van der Waals surface area contributed by atoms with Crippen molar-refractivity contribution < 1.29 is 9.53 Å². The second kappa shape index (κ2) is 8.69. The van der Waals surface area contributed by atoms with Gasteiger partial charge in [-0.15, -0.1) is 11.3 Å². The van der Waals surface area contributed by atoms with Gasteiger partial charge >= 0.3 is 0 Å². The molecule has 0 aliphatic heterocycles. The van der Waals surface area contributed by atoms with E-state index in [1.165, 1.54) is 22.2 Å². The average Bonchev–Trinajstić information content (AvgIpc) is 3.20. The van der Waals surface area contributed by atoms with E-state index in [1.807, 2.05) is 48.5 Å². The van der Waals surface area contributed by atoms with Crippen LogP contribution in [0.4, 0.5) is 0 Å². The third kappa shape index (κ3) is 4.22. The molecule has 0 bridgehead atoms. The number of carbonyl (C=O) groups excluding carboxylic acids is 1. The number of nitrogens with one attached hydrogen (secondary N) is 1. The molecule has 30 heavy (non-hydrogen) atoms. The fraction of sp³-hybridized carbons (Fsp3) is 0.136. The van der Waals surface area contributed by atoms with E-state index in [-0.39, 0.29) is 18.0 Å². The molecule has 0 aliphatic carbocycles. The molecule has 0 atom stereocenters. The summed E-state index contributed by atoms with van der Waals surface area (Å²) < 4.78 is 7.02. The Morgan fingerprint density at radius 2 is 1.97 bits per heavy atom. The number of thiophene rings is 1. The van der Waals surface area contributed by atoms with Crippen molar-refractivity contribution in [1.82, 2.24) is 14.9 Å². The van der Waals surface area contributed by atoms with Gasteiger partial charge in [-0.2, -0.15) is 0 Å². The second-order valence-electron chi connectivity index (χ2n) is 6.60. The van der Waals surface area contributed by atoms with E-state index in [4.69, 9.17) is 16.3 Å². The highest BCUT2D eigenvalue weighted by molar-refractivity contribution is 7.22. The van der Waals surface area contributed by atoms with E-state index in [1.54, 1.807) is 13.2 Å². The zero-order chi connectivity index (χ0) is 21.1. The van der Waals surface area contributed by atoms with Gasteiger partial charge in [-0.1, -0.05) is 29.8 Å². The van der Waals surface area contributed by atoms with Crippen molar-refractivity contribution in [3.63, 3.8) is 0 Å². The molecule has 2 heterocycles. The number of halogens is 1. The maximum Gasteiger partial charge on any atom is 0.271 e. The number of carbonyl (C=O) groups is 1. The zero-order valence-electron chi connectivity index (χ0n) is 16.1. The lowest BCUT2D eigenvalue weighted by Gasteiger charge is -2.08. The van der Waals surface area contributed by atoms with Crippen molar-refractivity contribution in [3.8, 4) is 16.2 Å². The van der Waals surface area contributed by atoms with Crippen molar-refractivity contribution in [3.05, 3.63) is 81.9 Å². The van der Waals surface area contributed by atoms with Crippen LogP contribution in [0.5, 0.6) is 5.75 Å². The quantitative estimate of drug-likeness (QED) is 0.490. The predicted molar refractivity (Wildman–Crippen MR) is 119 cm³/mol. The van der Waals surface area contributed by atoms with Crippen LogP contribution in [0.1, 0.15) is 5.56 Å². The Labute approximate surface area is 181 Å². The van der Waals surface area contributed by atoms with E-state index in [9.17, 15) is 9.59 Å². The number of rotatable bonds is 6. The summed E-state index contributed by atoms with van der Waals surface area (Å²) in [7, 11) is 1.62. The standard InChI is InChI=1S/C22H18ClN3O3S/c1-29-16-8-6-14(7-9-16)19-10-18-21(30-19)22(28)26(13-25-18)12-20(27)24-11-15-4-2-3-5-17(15)23/h2-10,13H,11-12H2,1H3,(H,24,27). The van der Waals surface area contributed by atoms with E-state index in [0.29, 0.717) is 21.8 Å². The third-order valence-corrected chi connectivity index (χ3v) is 6.16. The van der Waals surface area contributed by atoms with Crippen LogP contribution in [-0.2, 0) is 17.9 Å². The fourth-order valence-corrected chi connectivity index (χ4v) is 4.27. The van der Waals surface area contributed by atoms with Crippen molar-refractivity contribution >= 4 is 39.1 Å². The Morgan fingerprint density at radius 3 is 2.70 bits per heavy atom. The minimum absolute atomic E-state index is 0.109. The number of methoxy groups -OCH3 is 1. The van der Waals surface area contributed by atoms with Crippen LogP contribution in [0.15, 0.2) is 65.7 Å². The largest absolute Gasteiger partial charge is 0.497 e. The molecule has 0 unspecified atom stereocenters. The van der Waals surface area contributed by atoms with Crippen molar-refractivity contribution in [2.45, 2.75) is 13.1 Å². The van der Waals surface area contributed by atoms with E-state index < -0.39 is 0 Å². The molecule has 0 fully saturated rings. The van der Waals surface area contributed by atoms with Gasteiger partial charge in [0.1, 0.15) is 17.0 Å². The van der Waals surface area contributed by atoms with Crippen molar-refractivity contribution in [1.29, 1.82) is 0 Å². The molecule has 8 heteroatoms. The van der Waals surface area contributed by atoms with Gasteiger partial charge in [-0.3, -0.25) is 14.2 Å². The SMILES string of the molecule is COc1ccc(-c2cc3ncn(CC(=O)NCc4ccccc4Cl)c(=O)c3s2)cc1. The molecular weight excluding hydrogens is 422 g/mol. The number of hydrogen-bond acceptors (Lipinski definition) is 5. The first-order chi connectivity index (χ1) is 14.5. The first-order valence-electron chi connectivity index (χ1n) is 9.18. The number of fused-ring (bicyclic) bond motifs is 1. The van der Waals surface area contributed by atoms with E-state index in [0.717, 1.165) is 21.8 Å². The molecule has 6 nitrogen and oxygen atoms in total. The van der Waals surface area contributed by atoms with Gasteiger partial charge in [0.25, 0.3) is 5.56 Å². The Kier molecular flexibility index (Phi) is 5.83. The van der Waals surface area contributed by atoms with Crippen LogP contribution in [0, 0.1) is 0 Å². The topological polar surface area (TPSA) is 73.2 Å². The normalized spacial score (nSPS) is 10.9. The van der Waals surface area contributed by atoms with Gasteiger partial charge in [0.05, 0.1) is 19.0 Å². The lowest BCUT2D eigenvalue weighted by atomic mass is 10.2. The fourth-order valence-electron chi connectivity index (χ4n) is 3.00. The number of benzene rings is 2. The van der Waals surface area contributed by atoms with Crippen molar-refractivity contribution in [2.24, 2.45) is 0 Å². The smallest absolute Gasteiger partial charge is 0.271 e. The summed E-state index contributed by atoms with van der Waals surface area (Å²) in [5.41, 5.74) is 2.17. The molecule has 4 rings (SSSR count). The van der Waals surface area contributed by atoms with Gasteiger partial charge < -0.3 is 10.1 Å². The van der Waals surface area contributed by atoms with E-state index in [2.05, 4.69) is 10.3 Å². The molecule has 152 valence electrons. The summed E-state index contributed by atoms with van der Waals surface area (Å²) in [5, 5.41) is 3.37. The number of amides is 1. The summed E-state index contributed by atoms with van der Waals surface area (Å²) in [6.07, 6.45) is 1.41. The lowest BCUT2D eigenvalue weighted by Crippen LogP contribution is -2.32. The summed E-state index contributed by atoms with van der Waals surface area (Å²) in [6.45, 7) is 0.186. The molecule has 0 aliphatic rings. The molecule has 1 N–H and O–H groups in total. The summed E-state index contributed by atoms with van der Waals surface area (Å²) >= 11 is 7.46. The second-order valence-corrected chi connectivity index (χ2v) is 8.06. The summed E-state index contributed by atoms with van der Waals surface area (Å²) in [5.74, 6) is 0.480. The van der Waals surface area contributed by atoms with Gasteiger partial charge in [0.15, 0.2) is 0 Å². The molecular formula is C22H18ClN3O3S. The van der Waals surface area contributed by atoms with Crippen LogP contribution in [0.25, 0.3) is 20.7 Å². The van der Waals surface area contributed by atoms with Gasteiger partial charge in [0.2, 0.25) is 5.91 Å². The predicted octanol–water partition coefficient (Wildman–Crippen LogP) is 4.10. The van der Waals surface area contributed by atoms with Crippen LogP contribution in [0.2, 0.25) is 5.02 Å². The minimum Gasteiger partial charge on any atom is -0.497 e. The molecule has 0 saturated carbocycles. The van der Waals surface area contributed by atoms with Crippen LogP contribution >= 0.6 is 22.9 Å². The monoisotopic (exact) mass is 439 g/mol. The van der Waals surface area contributed by atoms with Crippen LogP contribution in [-0.4, -0.2) is 22.6 Å². The molecule has 2 aromatic carbocycles. The minimum atomic E-state index is -0.287. The van der Waals surface area contributed by atoms with Gasteiger partial charge in [0, 0.05) is 16.4 Å². The summed E-state index contributed by atoms with van der Waals surface area (Å²) in [4.78, 5) is 30.5. The maximum atomic E-state index is 12.8. The first-order valence-corrected chi connectivity index (χ1v) is 10.4. The first kappa shape index (κ1) is 20.1. The number of hydrogen-bond donors (Lipinski definition) is 1. The maximum absolute atomic E-state index is 12.8. The number of aromatic nitrogens is 2. The number of nitrogens with zero attached hydrogens (tertiary/aromatic N) is 2. The van der Waals surface area contributed by atoms with E-state index >= 15 is 0 Å². The molecule has 2 aromatic heterocycles. The molecule has 0 saturated heterocycles. The molecule has 0 radical (unpaired) electrons. The van der Waals surface area contributed by atoms with Gasteiger partial charge in [-0.05, 0) is 47.5 Å². The van der Waals surface area contributed by atoms with Crippen LogP contribution in [0.3, 0.4) is 0 Å². The highest BCUT2D eigenvalue weighted by Gasteiger charge is 2.13. The zero-order valence-corrected chi connectivity index (χ0v) is 17.7.